The van der Waals surface area contributed by atoms with E-state index in [1.54, 1.807) is 7.11 Å². The SMILES string of the molecule is CCCCCOc1cc2c(cc1OCCCCC)c1c3nc(-c4ccccc4)oc3c(OCCCCC)c3c4cc(OC)c(C)cc4c4c(OCCCCC)c(OCCCCC)cc2c4c31. The van der Waals surface area contributed by atoms with Crippen LogP contribution in [0.4, 0.5) is 0 Å². The Morgan fingerprint density at radius 2 is 0.894 bits per heavy atom. The van der Waals surface area contributed by atoms with Gasteiger partial charge >= 0.3 is 0 Å². The fourth-order valence-corrected chi connectivity index (χ4v) is 9.54. The molecule has 0 atom stereocenters. The molecule has 0 aliphatic heterocycles. The Balaban J connectivity index is 1.59. The Morgan fingerprint density at radius 1 is 0.439 bits per heavy atom. The molecule has 1 aromatic heterocycles. The summed E-state index contributed by atoms with van der Waals surface area (Å²) in [5.41, 5.74) is 3.30. The van der Waals surface area contributed by atoms with Crippen LogP contribution in [0.5, 0.6) is 34.5 Å². The van der Waals surface area contributed by atoms with Crippen molar-refractivity contribution < 1.29 is 32.8 Å². The first-order valence-corrected chi connectivity index (χ1v) is 25.3. The number of rotatable bonds is 27. The first kappa shape index (κ1) is 46.9. The molecule has 7 aromatic carbocycles. The topological polar surface area (TPSA) is 81.4 Å². The molecule has 8 heteroatoms. The molecule has 350 valence electrons. The number of hydrogen-bond acceptors (Lipinski definition) is 8. The van der Waals surface area contributed by atoms with E-state index in [1.807, 2.05) is 18.2 Å². The summed E-state index contributed by atoms with van der Waals surface area (Å²) < 4.78 is 47.7. The second kappa shape index (κ2) is 22.2. The number of aromatic nitrogens is 1. The molecule has 0 aliphatic carbocycles. The third-order valence-electron chi connectivity index (χ3n) is 13.0. The van der Waals surface area contributed by atoms with Crippen LogP contribution in [0, 0.1) is 6.92 Å². The standard InChI is InChI=1S/C58H71NO7/c1-8-13-21-28-61-46-34-40-42-37-48(63-30-23-15-10-3)55(64-31-24-16-11-4)51-41-33-38(6)45(60-7)35-44(41)52-53(49(42)51)50(43(40)36-47(46)62-29-22-14-9-2)54-57(56(52)65-32-25-17-12-5)66-58(59-54)39-26-19-18-20-27-39/h18-20,26-27,33-37H,8-17,21-25,28-32H2,1-7H3. The molecule has 0 spiro atoms. The zero-order chi connectivity index (χ0) is 46.0. The summed E-state index contributed by atoms with van der Waals surface area (Å²) in [6, 6.07) is 21.3. The third kappa shape index (κ3) is 9.48. The van der Waals surface area contributed by atoms with E-state index in [-0.39, 0.29) is 0 Å². The van der Waals surface area contributed by atoms with Crippen molar-refractivity contribution in [2.24, 2.45) is 0 Å². The average molecular weight is 894 g/mol. The Bertz CT molecular complexity index is 2860. The highest BCUT2D eigenvalue weighted by Gasteiger charge is 2.31. The van der Waals surface area contributed by atoms with Crippen LogP contribution in [0.2, 0.25) is 0 Å². The average Bonchev–Trinajstić information content (AvgIpc) is 3.79. The highest BCUT2D eigenvalue weighted by atomic mass is 16.5. The zero-order valence-electron chi connectivity index (χ0n) is 40.7. The maximum Gasteiger partial charge on any atom is 0.227 e. The van der Waals surface area contributed by atoms with Gasteiger partial charge in [-0.15, -0.1) is 0 Å². The van der Waals surface area contributed by atoms with E-state index in [0.29, 0.717) is 50.3 Å². The van der Waals surface area contributed by atoms with Crippen LogP contribution in [0.3, 0.4) is 0 Å². The predicted octanol–water partition coefficient (Wildman–Crippen LogP) is 16.9. The van der Waals surface area contributed by atoms with Crippen LogP contribution in [-0.2, 0) is 0 Å². The van der Waals surface area contributed by atoms with Crippen LogP contribution in [0.1, 0.15) is 136 Å². The van der Waals surface area contributed by atoms with E-state index in [1.165, 1.54) is 0 Å². The zero-order valence-corrected chi connectivity index (χ0v) is 40.7. The lowest BCUT2D eigenvalue weighted by Crippen LogP contribution is -2.06. The molecule has 0 aliphatic rings. The van der Waals surface area contributed by atoms with Crippen molar-refractivity contribution in [3.05, 3.63) is 66.2 Å². The van der Waals surface area contributed by atoms with Gasteiger partial charge in [0.1, 0.15) is 11.3 Å². The van der Waals surface area contributed by atoms with Gasteiger partial charge in [-0.05, 0) is 114 Å². The normalized spacial score (nSPS) is 11.9. The maximum absolute atomic E-state index is 7.08. The van der Waals surface area contributed by atoms with Gasteiger partial charge in [-0.2, -0.15) is 0 Å². The summed E-state index contributed by atoms with van der Waals surface area (Å²) >= 11 is 0. The molecule has 1 heterocycles. The number of hydrogen-bond donors (Lipinski definition) is 0. The van der Waals surface area contributed by atoms with Gasteiger partial charge < -0.3 is 32.8 Å². The van der Waals surface area contributed by atoms with Gasteiger partial charge in [0, 0.05) is 32.5 Å². The van der Waals surface area contributed by atoms with Crippen LogP contribution in [0.15, 0.2) is 65.1 Å². The van der Waals surface area contributed by atoms with Crippen molar-refractivity contribution >= 4 is 65.0 Å². The number of methoxy groups -OCH3 is 1. The minimum Gasteiger partial charge on any atom is -0.496 e. The summed E-state index contributed by atoms with van der Waals surface area (Å²) in [4.78, 5) is 5.45. The van der Waals surface area contributed by atoms with E-state index < -0.39 is 0 Å². The molecule has 0 unspecified atom stereocenters. The van der Waals surface area contributed by atoms with Crippen LogP contribution < -0.4 is 28.4 Å². The summed E-state index contributed by atoms with van der Waals surface area (Å²) in [5, 5.41) is 10.2. The highest BCUT2D eigenvalue weighted by Crippen LogP contribution is 2.57. The monoisotopic (exact) mass is 894 g/mol. The number of aryl methyl sites for hydroxylation is 1. The molecule has 8 rings (SSSR count). The van der Waals surface area contributed by atoms with Crippen LogP contribution in [0.25, 0.3) is 76.4 Å². The van der Waals surface area contributed by atoms with Crippen molar-refractivity contribution in [1.29, 1.82) is 0 Å². The molecule has 0 fully saturated rings. The summed E-state index contributed by atoms with van der Waals surface area (Å²) in [6.45, 7) is 16.1. The maximum atomic E-state index is 7.08. The lowest BCUT2D eigenvalue weighted by Gasteiger charge is -2.25. The highest BCUT2D eigenvalue weighted by molar-refractivity contribution is 6.45. The van der Waals surface area contributed by atoms with E-state index in [2.05, 4.69) is 84.0 Å². The molecule has 8 nitrogen and oxygen atoms in total. The quantitative estimate of drug-likeness (QED) is 0.0287. The summed E-state index contributed by atoms with van der Waals surface area (Å²) in [7, 11) is 1.75. The Kier molecular flexibility index (Phi) is 15.8. The molecule has 8 aromatic rings. The van der Waals surface area contributed by atoms with Crippen LogP contribution >= 0.6 is 0 Å². The molecule has 0 radical (unpaired) electrons. The van der Waals surface area contributed by atoms with Gasteiger partial charge in [0.25, 0.3) is 0 Å². The predicted molar refractivity (Wildman–Crippen MR) is 275 cm³/mol. The number of benzene rings is 7. The number of nitrogens with zero attached hydrogens (tertiary/aromatic N) is 1. The number of unbranched alkanes of at least 4 members (excludes halogenated alkanes) is 10. The van der Waals surface area contributed by atoms with Gasteiger partial charge in [0.2, 0.25) is 5.89 Å². The fourth-order valence-electron chi connectivity index (χ4n) is 9.54. The Morgan fingerprint density at radius 3 is 1.47 bits per heavy atom. The Hall–Kier alpha value is -5.63. The van der Waals surface area contributed by atoms with Gasteiger partial charge in [-0.1, -0.05) is 117 Å². The number of fused-ring (bicyclic) bond motifs is 8. The fraction of sp³-hybridized carbons (Fsp3) is 0.466. The third-order valence-corrected chi connectivity index (χ3v) is 13.0. The van der Waals surface area contributed by atoms with E-state index >= 15 is 0 Å². The van der Waals surface area contributed by atoms with Gasteiger partial charge in [0.05, 0.1) is 40.1 Å². The molecule has 66 heavy (non-hydrogen) atoms. The first-order chi connectivity index (χ1) is 32.5. The molecular formula is C58H71NO7. The molecule has 0 amide bonds. The van der Waals surface area contributed by atoms with E-state index in [4.69, 9.17) is 37.8 Å². The second-order valence-corrected chi connectivity index (χ2v) is 18.0. The lowest BCUT2D eigenvalue weighted by atomic mass is 9.84. The van der Waals surface area contributed by atoms with Crippen molar-refractivity contribution in [2.75, 3.05) is 40.1 Å². The van der Waals surface area contributed by atoms with Gasteiger partial charge in [-0.3, -0.25) is 0 Å². The minimum absolute atomic E-state index is 0.537. The van der Waals surface area contributed by atoms with Crippen molar-refractivity contribution in [3.8, 4) is 46.0 Å². The second-order valence-electron chi connectivity index (χ2n) is 18.0. The van der Waals surface area contributed by atoms with Crippen molar-refractivity contribution in [2.45, 2.75) is 138 Å². The number of oxazole rings is 1. The smallest absolute Gasteiger partial charge is 0.227 e. The van der Waals surface area contributed by atoms with Crippen LogP contribution in [-0.4, -0.2) is 45.1 Å². The van der Waals surface area contributed by atoms with Gasteiger partial charge in [0.15, 0.2) is 34.3 Å². The molecule has 0 saturated carbocycles. The summed E-state index contributed by atoms with van der Waals surface area (Å²) in [5.74, 6) is 5.04. The molecule has 0 saturated heterocycles. The van der Waals surface area contributed by atoms with E-state index in [0.717, 1.165) is 196 Å². The van der Waals surface area contributed by atoms with Crippen molar-refractivity contribution in [1.82, 2.24) is 4.98 Å². The van der Waals surface area contributed by atoms with Gasteiger partial charge in [-0.25, -0.2) is 4.98 Å². The summed E-state index contributed by atoms with van der Waals surface area (Å²) in [6.07, 6.45) is 15.7. The molecular weight excluding hydrogens is 823 g/mol. The molecule has 0 bridgehead atoms. The van der Waals surface area contributed by atoms with E-state index in [9.17, 15) is 0 Å². The first-order valence-electron chi connectivity index (χ1n) is 25.3. The largest absolute Gasteiger partial charge is 0.496 e. The Labute approximate surface area is 391 Å². The number of ether oxygens (including phenoxy) is 6. The minimum atomic E-state index is 0.537. The lowest BCUT2D eigenvalue weighted by molar-refractivity contribution is 0.260. The molecule has 0 N–H and O–H groups in total. The van der Waals surface area contributed by atoms with Crippen molar-refractivity contribution in [3.63, 3.8) is 0 Å².